The van der Waals surface area contributed by atoms with Crippen LogP contribution in [0.1, 0.15) is 49.4 Å². The van der Waals surface area contributed by atoms with Gasteiger partial charge in [-0.05, 0) is 49.9 Å². The maximum atomic E-state index is 12.7. The molecule has 3 rings (SSSR count). The molecule has 1 saturated carbocycles. The number of rotatable bonds is 8. The Bertz CT molecular complexity index is 1030. The predicted molar refractivity (Wildman–Crippen MR) is 121 cm³/mol. The Morgan fingerprint density at radius 1 is 1.16 bits per heavy atom. The Morgan fingerprint density at radius 3 is 2.55 bits per heavy atom. The summed E-state index contributed by atoms with van der Waals surface area (Å²) in [6.07, 6.45) is 4.78. The molecule has 0 radical (unpaired) electrons. The van der Waals surface area contributed by atoms with Crippen molar-refractivity contribution in [2.75, 3.05) is 11.3 Å². The van der Waals surface area contributed by atoms with Crippen molar-refractivity contribution in [3.63, 3.8) is 0 Å². The summed E-state index contributed by atoms with van der Waals surface area (Å²) in [5.74, 6) is -0.700. The van der Waals surface area contributed by atoms with Gasteiger partial charge in [-0.25, -0.2) is 13.2 Å². The van der Waals surface area contributed by atoms with Gasteiger partial charge in [0, 0.05) is 6.54 Å². The van der Waals surface area contributed by atoms with E-state index in [1.807, 2.05) is 0 Å². The van der Waals surface area contributed by atoms with Gasteiger partial charge in [0.05, 0.1) is 15.6 Å². The number of anilines is 1. The maximum absolute atomic E-state index is 12.7. The highest BCUT2D eigenvalue weighted by atomic mass is 35.5. The summed E-state index contributed by atoms with van der Waals surface area (Å²) in [4.78, 5) is 25.0. The van der Waals surface area contributed by atoms with Gasteiger partial charge in [-0.2, -0.15) is 0 Å². The second-order valence-corrected chi connectivity index (χ2v) is 11.1. The molecule has 0 bridgehead atoms. The van der Waals surface area contributed by atoms with Crippen LogP contribution < -0.4 is 10.0 Å². The van der Waals surface area contributed by atoms with E-state index in [9.17, 15) is 18.0 Å². The van der Waals surface area contributed by atoms with E-state index in [4.69, 9.17) is 16.3 Å². The fourth-order valence-electron chi connectivity index (χ4n) is 3.44. The van der Waals surface area contributed by atoms with Crippen LogP contribution in [0.25, 0.3) is 0 Å². The molecule has 1 fully saturated rings. The first-order valence-corrected chi connectivity index (χ1v) is 12.8. The number of ether oxygens (including phenoxy) is 1. The average molecular weight is 485 g/mol. The van der Waals surface area contributed by atoms with Crippen LogP contribution in [-0.2, 0) is 19.6 Å². The molecule has 1 aliphatic carbocycles. The molecule has 1 aromatic heterocycles. The van der Waals surface area contributed by atoms with E-state index in [-0.39, 0.29) is 21.4 Å². The minimum atomic E-state index is -3.92. The molecule has 0 unspecified atom stereocenters. The summed E-state index contributed by atoms with van der Waals surface area (Å²) in [6.45, 7) is 2.06. The Morgan fingerprint density at radius 2 is 1.87 bits per heavy atom. The number of carbonyl (C=O) groups is 2. The van der Waals surface area contributed by atoms with Crippen molar-refractivity contribution in [2.24, 2.45) is 5.92 Å². The number of carbonyl (C=O) groups excluding carboxylic acids is 2. The average Bonchev–Trinajstić information content (AvgIpc) is 3.20. The lowest BCUT2D eigenvalue weighted by Gasteiger charge is -2.22. The first-order chi connectivity index (χ1) is 14.8. The number of thiophene rings is 1. The molecule has 0 saturated heterocycles. The van der Waals surface area contributed by atoms with Crippen molar-refractivity contribution in [1.82, 2.24) is 5.32 Å². The molecule has 1 amide bonds. The van der Waals surface area contributed by atoms with E-state index in [0.29, 0.717) is 16.8 Å². The van der Waals surface area contributed by atoms with Gasteiger partial charge in [0.15, 0.2) is 6.10 Å². The van der Waals surface area contributed by atoms with Crippen molar-refractivity contribution in [3.8, 4) is 0 Å². The van der Waals surface area contributed by atoms with E-state index >= 15 is 0 Å². The molecule has 168 valence electrons. The molecule has 0 aliphatic heterocycles. The molecule has 1 atom stereocenters. The number of hydrogen-bond donors (Lipinski definition) is 2. The van der Waals surface area contributed by atoms with Crippen LogP contribution in [0, 0.1) is 5.92 Å². The van der Waals surface area contributed by atoms with Crippen molar-refractivity contribution in [3.05, 3.63) is 46.3 Å². The second-order valence-electron chi connectivity index (χ2n) is 7.51. The van der Waals surface area contributed by atoms with Gasteiger partial charge >= 0.3 is 5.97 Å². The summed E-state index contributed by atoms with van der Waals surface area (Å²) in [5.41, 5.74) is 0.0764. The number of benzene rings is 1. The smallest absolute Gasteiger partial charge is 0.341 e. The number of amides is 1. The molecular weight excluding hydrogens is 460 g/mol. The van der Waals surface area contributed by atoms with Gasteiger partial charge in [-0.1, -0.05) is 43.0 Å². The quantitative estimate of drug-likeness (QED) is 0.539. The summed E-state index contributed by atoms with van der Waals surface area (Å²) in [7, 11) is -3.92. The molecule has 7 nitrogen and oxygen atoms in total. The lowest BCUT2D eigenvalue weighted by atomic mass is 9.89. The summed E-state index contributed by atoms with van der Waals surface area (Å²) < 4.78 is 33.2. The highest BCUT2D eigenvalue weighted by molar-refractivity contribution is 7.94. The Kier molecular flexibility index (Phi) is 7.96. The monoisotopic (exact) mass is 484 g/mol. The molecule has 1 heterocycles. The molecule has 1 aliphatic rings. The largest absolute Gasteiger partial charge is 0.449 e. The summed E-state index contributed by atoms with van der Waals surface area (Å²) >= 11 is 6.73. The highest BCUT2D eigenvalue weighted by Gasteiger charge is 2.24. The SMILES string of the molecule is C[C@H](OC(=O)c1ccccc1NS(=O)(=O)c1ccc(Cl)s1)C(=O)NCC1CCCCC1. The van der Waals surface area contributed by atoms with Crippen LogP contribution in [0.15, 0.2) is 40.6 Å². The highest BCUT2D eigenvalue weighted by Crippen LogP contribution is 2.28. The van der Waals surface area contributed by atoms with Crippen LogP contribution >= 0.6 is 22.9 Å². The number of halogens is 1. The van der Waals surface area contributed by atoms with Crippen LogP contribution in [0.3, 0.4) is 0 Å². The standard InChI is InChI=1S/C21H25ClN2O5S2/c1-14(20(25)23-13-15-7-3-2-4-8-15)29-21(26)16-9-5-6-10-17(16)24-31(27,28)19-12-11-18(22)30-19/h5-6,9-12,14-15,24H,2-4,7-8,13H2,1H3,(H,23,25)/t14-/m0/s1. The van der Waals surface area contributed by atoms with Crippen LogP contribution in [0.2, 0.25) is 4.34 Å². The van der Waals surface area contributed by atoms with Gasteiger partial charge in [0.25, 0.3) is 15.9 Å². The molecule has 31 heavy (non-hydrogen) atoms. The first kappa shape index (κ1) is 23.6. The van der Waals surface area contributed by atoms with Gasteiger partial charge < -0.3 is 10.1 Å². The Labute approximate surface area is 191 Å². The molecule has 1 aromatic carbocycles. The molecule has 2 N–H and O–H groups in total. The zero-order valence-electron chi connectivity index (χ0n) is 17.1. The lowest BCUT2D eigenvalue weighted by Crippen LogP contribution is -2.38. The minimum Gasteiger partial charge on any atom is -0.449 e. The fourth-order valence-corrected chi connectivity index (χ4v) is 6.01. The van der Waals surface area contributed by atoms with E-state index in [1.54, 1.807) is 12.1 Å². The van der Waals surface area contributed by atoms with Crippen molar-refractivity contribution >= 4 is 50.5 Å². The summed E-state index contributed by atoms with van der Waals surface area (Å²) in [6, 6.07) is 8.94. The van der Waals surface area contributed by atoms with E-state index in [0.717, 1.165) is 24.2 Å². The normalized spacial score (nSPS) is 15.8. The molecule has 0 spiro atoms. The third kappa shape index (κ3) is 6.44. The lowest BCUT2D eigenvalue weighted by molar-refractivity contribution is -0.129. The molecule has 2 aromatic rings. The van der Waals surface area contributed by atoms with Gasteiger partial charge in [-0.15, -0.1) is 11.3 Å². The van der Waals surface area contributed by atoms with Gasteiger partial charge in [0.2, 0.25) is 0 Å². The predicted octanol–water partition coefficient (Wildman–Crippen LogP) is 4.44. The van der Waals surface area contributed by atoms with Crippen molar-refractivity contribution < 1.29 is 22.7 Å². The van der Waals surface area contributed by atoms with Gasteiger partial charge in [0.1, 0.15) is 4.21 Å². The van der Waals surface area contributed by atoms with Gasteiger partial charge in [-0.3, -0.25) is 9.52 Å². The van der Waals surface area contributed by atoms with Crippen LogP contribution in [0.5, 0.6) is 0 Å². The van der Waals surface area contributed by atoms with E-state index in [2.05, 4.69) is 10.0 Å². The second kappa shape index (κ2) is 10.5. The zero-order valence-corrected chi connectivity index (χ0v) is 19.5. The number of hydrogen-bond acceptors (Lipinski definition) is 6. The zero-order chi connectivity index (χ0) is 22.4. The number of esters is 1. The third-order valence-corrected chi connectivity index (χ3v) is 8.24. The van der Waals surface area contributed by atoms with Crippen LogP contribution in [-0.4, -0.2) is 32.9 Å². The fraction of sp³-hybridized carbons (Fsp3) is 0.429. The van der Waals surface area contributed by atoms with Crippen molar-refractivity contribution in [1.29, 1.82) is 0 Å². The Balaban J connectivity index is 1.63. The number of sulfonamides is 1. The molecular formula is C21H25ClN2O5S2. The first-order valence-electron chi connectivity index (χ1n) is 10.1. The van der Waals surface area contributed by atoms with Crippen LogP contribution in [0.4, 0.5) is 5.69 Å². The molecule has 10 heteroatoms. The number of nitrogens with one attached hydrogen (secondary N) is 2. The minimum absolute atomic E-state index is 0.0145. The topological polar surface area (TPSA) is 102 Å². The van der Waals surface area contributed by atoms with Crippen molar-refractivity contribution in [2.45, 2.75) is 49.3 Å². The maximum Gasteiger partial charge on any atom is 0.341 e. The van der Waals surface area contributed by atoms with E-state index < -0.39 is 22.1 Å². The van der Waals surface area contributed by atoms with E-state index in [1.165, 1.54) is 50.5 Å². The number of para-hydroxylation sites is 1. The summed E-state index contributed by atoms with van der Waals surface area (Å²) in [5, 5.41) is 2.85. The Hall–Kier alpha value is -2.10. The third-order valence-electron chi connectivity index (χ3n) is 5.15.